The van der Waals surface area contributed by atoms with Crippen LogP contribution in [0.1, 0.15) is 33.1 Å². The molecule has 4 atom stereocenters. The summed E-state index contributed by atoms with van der Waals surface area (Å²) < 4.78 is 23.2. The van der Waals surface area contributed by atoms with E-state index in [0.29, 0.717) is 12.5 Å². The van der Waals surface area contributed by atoms with E-state index in [1.165, 1.54) is 0 Å². The molecule has 1 heterocycles. The average Bonchev–Trinajstić information content (AvgIpc) is 2.28. The molecule has 0 aromatic carbocycles. The Kier molecular flexibility index (Phi) is 3.98. The topological polar surface area (TPSA) is 61.2 Å². The van der Waals surface area contributed by atoms with Gasteiger partial charge < -0.3 is 0 Å². The van der Waals surface area contributed by atoms with Crippen molar-refractivity contribution in [1.29, 1.82) is 5.26 Å². The van der Waals surface area contributed by atoms with E-state index in [9.17, 15) is 13.7 Å². The molecule has 4 unspecified atom stereocenters. The van der Waals surface area contributed by atoms with Crippen molar-refractivity contribution in [2.24, 2.45) is 11.8 Å². The summed E-state index contributed by atoms with van der Waals surface area (Å²) in [5.74, 6) is 1.21. The Labute approximate surface area is 110 Å². The molecule has 102 valence electrons. The molecule has 0 N–H and O–H groups in total. The maximum atomic E-state index is 11.6. The molecule has 0 radical (unpaired) electrons. The average molecular weight is 270 g/mol. The fourth-order valence-electron chi connectivity index (χ4n) is 3.37. The fraction of sp³-hybridized carbons (Fsp3) is 0.923. The van der Waals surface area contributed by atoms with E-state index in [1.54, 1.807) is 0 Å². The summed E-state index contributed by atoms with van der Waals surface area (Å²) in [6.45, 7) is 4.80. The Morgan fingerprint density at radius 2 is 2.00 bits per heavy atom. The summed E-state index contributed by atoms with van der Waals surface area (Å²) in [5.41, 5.74) is 0. The van der Waals surface area contributed by atoms with E-state index >= 15 is 0 Å². The maximum Gasteiger partial charge on any atom is 0.153 e. The second-order valence-electron chi connectivity index (χ2n) is 5.92. The second kappa shape index (κ2) is 5.18. The molecule has 2 rings (SSSR count). The third-order valence-corrected chi connectivity index (χ3v) is 6.19. The summed E-state index contributed by atoms with van der Waals surface area (Å²) in [7, 11) is -2.87. The first-order valence-corrected chi connectivity index (χ1v) is 8.61. The van der Waals surface area contributed by atoms with E-state index in [4.69, 9.17) is 0 Å². The van der Waals surface area contributed by atoms with Gasteiger partial charge in [0.1, 0.15) is 0 Å². The molecule has 0 amide bonds. The normalized spacial score (nSPS) is 41.2. The summed E-state index contributed by atoms with van der Waals surface area (Å²) in [5, 5.41) is 9.27. The van der Waals surface area contributed by atoms with E-state index < -0.39 is 9.84 Å². The molecule has 1 aliphatic carbocycles. The van der Waals surface area contributed by atoms with Gasteiger partial charge in [0.25, 0.3) is 0 Å². The van der Waals surface area contributed by atoms with E-state index in [1.807, 2.05) is 6.92 Å². The van der Waals surface area contributed by atoms with Gasteiger partial charge in [-0.15, -0.1) is 0 Å². The Balaban J connectivity index is 2.12. The summed E-state index contributed by atoms with van der Waals surface area (Å²) >= 11 is 0. The van der Waals surface area contributed by atoms with Crippen LogP contribution in [-0.2, 0) is 9.84 Å². The number of nitrogens with zero attached hydrogens (tertiary/aromatic N) is 2. The lowest BCUT2D eigenvalue weighted by atomic mass is 9.78. The smallest absolute Gasteiger partial charge is 0.153 e. The van der Waals surface area contributed by atoms with Gasteiger partial charge in [-0.25, -0.2) is 8.42 Å². The minimum absolute atomic E-state index is 0.0508. The molecule has 2 fully saturated rings. The quantitative estimate of drug-likeness (QED) is 0.723. The van der Waals surface area contributed by atoms with Crippen molar-refractivity contribution < 1.29 is 8.42 Å². The van der Waals surface area contributed by atoms with Crippen LogP contribution in [0.4, 0.5) is 0 Å². The van der Waals surface area contributed by atoms with Crippen molar-refractivity contribution in [1.82, 2.24) is 4.90 Å². The molecular weight excluding hydrogens is 248 g/mol. The maximum absolute atomic E-state index is 11.6. The largest absolute Gasteiger partial charge is 0.294 e. The highest BCUT2D eigenvalue weighted by atomic mass is 32.2. The molecule has 0 bridgehead atoms. The van der Waals surface area contributed by atoms with Crippen molar-refractivity contribution in [2.45, 2.75) is 45.2 Å². The molecular formula is C13H22N2O2S. The zero-order valence-electron chi connectivity index (χ0n) is 11.2. The monoisotopic (exact) mass is 270 g/mol. The van der Waals surface area contributed by atoms with Crippen LogP contribution in [0.3, 0.4) is 0 Å². The number of sulfone groups is 1. The third-order valence-electron chi connectivity index (χ3n) is 4.39. The highest BCUT2D eigenvalue weighted by Gasteiger charge is 2.38. The molecule has 1 saturated carbocycles. The number of nitriles is 1. The van der Waals surface area contributed by atoms with Gasteiger partial charge in [-0.3, -0.25) is 4.90 Å². The van der Waals surface area contributed by atoms with Gasteiger partial charge in [0, 0.05) is 18.6 Å². The summed E-state index contributed by atoms with van der Waals surface area (Å²) in [6.07, 6.45) is 3.11. The molecule has 1 saturated heterocycles. The zero-order valence-corrected chi connectivity index (χ0v) is 12.0. The van der Waals surface area contributed by atoms with Crippen molar-refractivity contribution in [2.75, 3.05) is 18.1 Å². The molecule has 2 aliphatic rings. The van der Waals surface area contributed by atoms with Crippen molar-refractivity contribution in [3.63, 3.8) is 0 Å². The zero-order chi connectivity index (χ0) is 13.3. The Hall–Kier alpha value is -0.600. The standard InChI is InChI=1S/C13H22N2O2S/c1-10-3-4-12(8-14)13(7-10)15-5-6-18(16,17)9-11(15)2/h10-13H,3-7,9H2,1-2H3. The van der Waals surface area contributed by atoms with Crippen LogP contribution >= 0.6 is 0 Å². The van der Waals surface area contributed by atoms with Gasteiger partial charge in [0.05, 0.1) is 23.5 Å². The predicted molar refractivity (Wildman–Crippen MR) is 70.7 cm³/mol. The van der Waals surface area contributed by atoms with Crippen LogP contribution in [0.15, 0.2) is 0 Å². The molecule has 0 spiro atoms. The lowest BCUT2D eigenvalue weighted by molar-refractivity contribution is 0.0809. The lowest BCUT2D eigenvalue weighted by Gasteiger charge is -2.44. The molecule has 18 heavy (non-hydrogen) atoms. The van der Waals surface area contributed by atoms with Crippen LogP contribution in [0.5, 0.6) is 0 Å². The first kappa shape index (κ1) is 13.8. The highest BCUT2D eigenvalue weighted by Crippen LogP contribution is 2.33. The van der Waals surface area contributed by atoms with Gasteiger partial charge in [0.2, 0.25) is 0 Å². The summed E-state index contributed by atoms with van der Waals surface area (Å²) in [6, 6.07) is 2.73. The SMILES string of the molecule is CC1CCC(C#N)C(N2CCS(=O)(=O)CC2C)C1. The van der Waals surface area contributed by atoms with Gasteiger partial charge in [-0.1, -0.05) is 6.92 Å². The third kappa shape index (κ3) is 2.86. The minimum atomic E-state index is -2.87. The fourth-order valence-corrected chi connectivity index (χ4v) is 4.95. The van der Waals surface area contributed by atoms with Gasteiger partial charge in [0.15, 0.2) is 9.84 Å². The second-order valence-corrected chi connectivity index (χ2v) is 8.15. The number of rotatable bonds is 1. The van der Waals surface area contributed by atoms with Crippen LogP contribution in [0.2, 0.25) is 0 Å². The molecule has 5 heteroatoms. The predicted octanol–water partition coefficient (Wildman–Crippen LogP) is 1.43. The van der Waals surface area contributed by atoms with E-state index in [-0.39, 0.29) is 29.5 Å². The van der Waals surface area contributed by atoms with Crippen LogP contribution in [0.25, 0.3) is 0 Å². The van der Waals surface area contributed by atoms with Crippen molar-refractivity contribution >= 4 is 9.84 Å². The van der Waals surface area contributed by atoms with Crippen LogP contribution in [-0.4, -0.2) is 43.5 Å². The van der Waals surface area contributed by atoms with Crippen LogP contribution in [0, 0.1) is 23.2 Å². The minimum Gasteiger partial charge on any atom is -0.294 e. The van der Waals surface area contributed by atoms with Gasteiger partial charge >= 0.3 is 0 Å². The van der Waals surface area contributed by atoms with E-state index in [2.05, 4.69) is 17.9 Å². The molecule has 0 aromatic rings. The number of hydrogen-bond donors (Lipinski definition) is 0. The van der Waals surface area contributed by atoms with Crippen molar-refractivity contribution in [3.05, 3.63) is 0 Å². The molecule has 0 aromatic heterocycles. The Morgan fingerprint density at radius 3 is 2.61 bits per heavy atom. The Morgan fingerprint density at radius 1 is 1.28 bits per heavy atom. The number of hydrogen-bond acceptors (Lipinski definition) is 4. The van der Waals surface area contributed by atoms with E-state index in [0.717, 1.165) is 19.3 Å². The first-order chi connectivity index (χ1) is 8.43. The van der Waals surface area contributed by atoms with Crippen LogP contribution < -0.4 is 0 Å². The first-order valence-electron chi connectivity index (χ1n) is 6.78. The summed E-state index contributed by atoms with van der Waals surface area (Å²) in [4.78, 5) is 2.27. The Bertz CT molecular complexity index is 440. The lowest BCUT2D eigenvalue weighted by Crippen LogP contribution is -2.55. The molecule has 4 nitrogen and oxygen atoms in total. The van der Waals surface area contributed by atoms with Crippen molar-refractivity contribution in [3.8, 4) is 6.07 Å². The van der Waals surface area contributed by atoms with Gasteiger partial charge in [-0.2, -0.15) is 5.26 Å². The molecule has 1 aliphatic heterocycles. The van der Waals surface area contributed by atoms with Gasteiger partial charge in [-0.05, 0) is 32.1 Å². The highest BCUT2D eigenvalue weighted by molar-refractivity contribution is 7.91.